The van der Waals surface area contributed by atoms with Gasteiger partial charge in [-0.15, -0.1) is 4.39 Å². The molecule has 0 aliphatic rings. The van der Waals surface area contributed by atoms with Crippen molar-refractivity contribution in [3.63, 3.8) is 0 Å². The fourth-order valence-corrected chi connectivity index (χ4v) is 0.273. The van der Waals surface area contributed by atoms with Gasteiger partial charge in [0, 0.05) is 0 Å². The molecule has 0 amide bonds. The molecule has 0 heterocycles. The standard InChI is InChI=1S/C5F6/c6-2-1-3(4(7)8)5(9,10)11. The fraction of sp³-hybridized carbons (Fsp3) is 0.200. The molecule has 0 saturated carbocycles. The Morgan fingerprint density at radius 1 is 1.09 bits per heavy atom. The van der Waals surface area contributed by atoms with Crippen molar-refractivity contribution in [3.8, 4) is 12.1 Å². The van der Waals surface area contributed by atoms with E-state index in [1.807, 2.05) is 0 Å². The van der Waals surface area contributed by atoms with E-state index >= 15 is 0 Å². The molecule has 0 unspecified atom stereocenters. The molecular formula is C5F6. The third kappa shape index (κ3) is 2.98. The Kier molecular flexibility index (Phi) is 2.99. The average molecular weight is 174 g/mol. The number of rotatable bonds is 0. The smallest absolute Gasteiger partial charge is 0.172 e. The van der Waals surface area contributed by atoms with Crippen molar-refractivity contribution in [2.45, 2.75) is 6.18 Å². The van der Waals surface area contributed by atoms with E-state index < -0.39 is 17.8 Å². The van der Waals surface area contributed by atoms with E-state index in [1.165, 1.54) is 0 Å². The number of allylic oxidation sites excluding steroid dienone is 1. The second-order valence-corrected chi connectivity index (χ2v) is 1.35. The Labute approximate surface area is 57.5 Å². The van der Waals surface area contributed by atoms with Crippen molar-refractivity contribution in [1.29, 1.82) is 0 Å². The highest BCUT2D eigenvalue weighted by Crippen LogP contribution is 2.28. The summed E-state index contributed by atoms with van der Waals surface area (Å²) in [7, 11) is 0. The summed E-state index contributed by atoms with van der Waals surface area (Å²) in [5.41, 5.74) is -2.44. The second kappa shape index (κ2) is 3.32. The summed E-state index contributed by atoms with van der Waals surface area (Å²) >= 11 is 0. The van der Waals surface area contributed by atoms with Crippen LogP contribution in [0.4, 0.5) is 26.3 Å². The maximum absolute atomic E-state index is 11.4. The van der Waals surface area contributed by atoms with Gasteiger partial charge in [-0.25, -0.2) is 0 Å². The van der Waals surface area contributed by atoms with Gasteiger partial charge in [0.25, 0.3) is 6.08 Å². The Morgan fingerprint density at radius 2 is 1.55 bits per heavy atom. The van der Waals surface area contributed by atoms with Crippen molar-refractivity contribution in [2.24, 2.45) is 0 Å². The minimum absolute atomic E-state index is 0.248. The fourth-order valence-electron chi connectivity index (χ4n) is 0.273. The van der Waals surface area contributed by atoms with Crippen LogP contribution in [0.15, 0.2) is 11.7 Å². The molecule has 0 atom stereocenters. The molecule has 0 radical (unpaired) electrons. The lowest BCUT2D eigenvalue weighted by Gasteiger charge is -2.01. The van der Waals surface area contributed by atoms with Gasteiger partial charge in [0.2, 0.25) is 0 Å². The van der Waals surface area contributed by atoms with Crippen LogP contribution in [-0.4, -0.2) is 6.18 Å². The van der Waals surface area contributed by atoms with Crippen molar-refractivity contribution in [2.75, 3.05) is 0 Å². The molecule has 0 aromatic carbocycles. The molecule has 0 rings (SSSR count). The summed E-state index contributed by atoms with van der Waals surface area (Å²) in [4.78, 5) is 0. The van der Waals surface area contributed by atoms with Gasteiger partial charge in [-0.3, -0.25) is 0 Å². The van der Waals surface area contributed by atoms with E-state index in [0.717, 1.165) is 0 Å². The average Bonchev–Trinajstić information content (AvgIpc) is 1.79. The highest BCUT2D eigenvalue weighted by Gasteiger charge is 2.37. The Hall–Kier alpha value is -1.12. The molecule has 0 aromatic rings. The van der Waals surface area contributed by atoms with Crippen LogP contribution >= 0.6 is 0 Å². The van der Waals surface area contributed by atoms with Crippen LogP contribution in [0.25, 0.3) is 0 Å². The Bertz CT molecular complexity index is 220. The number of alkyl halides is 3. The molecule has 0 aliphatic heterocycles. The highest BCUT2D eigenvalue weighted by atomic mass is 19.4. The Balaban J connectivity index is 4.90. The van der Waals surface area contributed by atoms with Gasteiger partial charge in [0.05, 0.1) is 0 Å². The first-order valence-electron chi connectivity index (χ1n) is 2.13. The van der Waals surface area contributed by atoms with Crippen molar-refractivity contribution >= 4 is 0 Å². The summed E-state index contributed by atoms with van der Waals surface area (Å²) < 4.78 is 67.5. The van der Waals surface area contributed by atoms with E-state index in [9.17, 15) is 26.3 Å². The third-order valence-electron chi connectivity index (χ3n) is 0.645. The molecule has 0 aromatic heterocycles. The topological polar surface area (TPSA) is 0 Å². The first-order valence-corrected chi connectivity index (χ1v) is 2.13. The molecular weight excluding hydrogens is 174 g/mol. The summed E-state index contributed by atoms with van der Waals surface area (Å²) in [6, 6.07) is 0. The predicted molar refractivity (Wildman–Crippen MR) is 24.2 cm³/mol. The summed E-state index contributed by atoms with van der Waals surface area (Å²) in [6.07, 6.45) is -8.09. The lowest BCUT2D eigenvalue weighted by atomic mass is 10.3. The summed E-state index contributed by atoms with van der Waals surface area (Å²) in [6.45, 7) is 0. The molecule has 0 bridgehead atoms. The van der Waals surface area contributed by atoms with Crippen molar-refractivity contribution < 1.29 is 26.3 Å². The normalized spacial score (nSPS) is 10.0. The lowest BCUT2D eigenvalue weighted by molar-refractivity contribution is -0.0904. The SMILES string of the molecule is FC#CC(=C(F)F)C(F)(F)F. The summed E-state index contributed by atoms with van der Waals surface area (Å²) in [5, 5.41) is 0. The first-order chi connectivity index (χ1) is 4.89. The maximum atomic E-state index is 11.4. The molecule has 0 nitrogen and oxygen atoms in total. The van der Waals surface area contributed by atoms with Crippen LogP contribution in [0.1, 0.15) is 0 Å². The molecule has 11 heavy (non-hydrogen) atoms. The zero-order valence-electron chi connectivity index (χ0n) is 4.77. The molecule has 0 aliphatic carbocycles. The van der Waals surface area contributed by atoms with Gasteiger partial charge < -0.3 is 0 Å². The molecule has 0 N–H and O–H groups in total. The van der Waals surface area contributed by atoms with Crippen LogP contribution in [0.2, 0.25) is 0 Å². The van der Waals surface area contributed by atoms with Crippen LogP contribution in [0.3, 0.4) is 0 Å². The summed E-state index contributed by atoms with van der Waals surface area (Å²) in [5.74, 6) is 0.610. The highest BCUT2D eigenvalue weighted by molar-refractivity contribution is 5.31. The first kappa shape index (κ1) is 9.88. The maximum Gasteiger partial charge on any atom is 0.429 e. The van der Waals surface area contributed by atoms with Gasteiger partial charge in [-0.05, 0) is 5.92 Å². The molecule has 6 heteroatoms. The van der Waals surface area contributed by atoms with E-state index in [1.54, 1.807) is 0 Å². The van der Waals surface area contributed by atoms with E-state index in [-0.39, 0.29) is 6.17 Å². The van der Waals surface area contributed by atoms with E-state index in [2.05, 4.69) is 0 Å². The number of halogens is 6. The molecule has 0 fully saturated rings. The van der Waals surface area contributed by atoms with E-state index in [4.69, 9.17) is 0 Å². The van der Waals surface area contributed by atoms with Gasteiger partial charge in [0.1, 0.15) is 6.17 Å². The molecule has 0 saturated heterocycles. The van der Waals surface area contributed by atoms with Crippen LogP contribution in [0, 0.1) is 12.1 Å². The largest absolute Gasteiger partial charge is 0.429 e. The van der Waals surface area contributed by atoms with Crippen molar-refractivity contribution in [3.05, 3.63) is 11.7 Å². The lowest BCUT2D eigenvalue weighted by Crippen LogP contribution is -2.11. The van der Waals surface area contributed by atoms with Crippen molar-refractivity contribution in [1.82, 2.24) is 0 Å². The van der Waals surface area contributed by atoms with Crippen LogP contribution in [0.5, 0.6) is 0 Å². The molecule has 0 spiro atoms. The molecule has 62 valence electrons. The predicted octanol–water partition coefficient (Wildman–Crippen LogP) is 2.63. The van der Waals surface area contributed by atoms with Gasteiger partial charge >= 0.3 is 6.18 Å². The third-order valence-corrected chi connectivity index (χ3v) is 0.645. The van der Waals surface area contributed by atoms with Gasteiger partial charge in [0.15, 0.2) is 5.57 Å². The second-order valence-electron chi connectivity index (χ2n) is 1.35. The van der Waals surface area contributed by atoms with Crippen LogP contribution in [-0.2, 0) is 0 Å². The quantitative estimate of drug-likeness (QED) is 0.391. The zero-order chi connectivity index (χ0) is 9.07. The van der Waals surface area contributed by atoms with Gasteiger partial charge in [-0.2, -0.15) is 22.0 Å². The minimum atomic E-state index is -5.29. The van der Waals surface area contributed by atoms with Crippen LogP contribution < -0.4 is 0 Å². The monoisotopic (exact) mass is 174 g/mol. The zero-order valence-corrected chi connectivity index (χ0v) is 4.77. The number of hydrogen-bond donors (Lipinski definition) is 0. The van der Waals surface area contributed by atoms with Gasteiger partial charge in [-0.1, -0.05) is 0 Å². The van der Waals surface area contributed by atoms with E-state index in [0.29, 0.717) is 5.92 Å². The minimum Gasteiger partial charge on any atom is -0.172 e. The number of hydrogen-bond acceptors (Lipinski definition) is 0. The Morgan fingerprint density at radius 3 is 1.64 bits per heavy atom.